The maximum absolute atomic E-state index is 13.6. The van der Waals surface area contributed by atoms with E-state index >= 15 is 0 Å². The van der Waals surface area contributed by atoms with Gasteiger partial charge in [0, 0.05) is 44.1 Å². The number of carbonyl (C=O) groups excluding carboxylic acids is 3. The lowest BCUT2D eigenvalue weighted by Crippen LogP contribution is -2.51. The topological polar surface area (TPSA) is 101 Å². The minimum atomic E-state index is -4.57. The van der Waals surface area contributed by atoms with Crippen LogP contribution in [0.5, 0.6) is 0 Å². The fourth-order valence-electron chi connectivity index (χ4n) is 4.55. The molecule has 11 heteroatoms. The molecule has 0 saturated carbocycles. The van der Waals surface area contributed by atoms with Crippen LogP contribution in [0.1, 0.15) is 37.7 Å². The Morgan fingerprint density at radius 2 is 1.58 bits per heavy atom. The lowest BCUT2D eigenvalue weighted by molar-refractivity contribution is -0.138. The summed E-state index contributed by atoms with van der Waals surface area (Å²) in [6.45, 7) is 2.96. The molecule has 3 aromatic rings. The first-order valence-electron chi connectivity index (χ1n) is 12.1. The molecular weight excluding hydrogens is 499 g/mol. The fourth-order valence-corrected chi connectivity index (χ4v) is 4.55. The van der Waals surface area contributed by atoms with Crippen LogP contribution in [-0.2, 0) is 12.7 Å². The SMILES string of the molecule is Cc1c(C(N)=O)cc(C(=O)CN2CCN(C(=O)Nc3ccccc3)CC2)n1Cc1ccccc1C(F)(F)F. The molecule has 8 nitrogen and oxygen atoms in total. The number of nitrogens with one attached hydrogen (secondary N) is 1. The molecule has 2 heterocycles. The van der Waals surface area contributed by atoms with Gasteiger partial charge in [-0.1, -0.05) is 36.4 Å². The molecule has 0 bridgehead atoms. The van der Waals surface area contributed by atoms with Crippen LogP contribution >= 0.6 is 0 Å². The van der Waals surface area contributed by atoms with Crippen LogP contribution in [0.3, 0.4) is 0 Å². The molecule has 0 atom stereocenters. The Labute approximate surface area is 217 Å². The van der Waals surface area contributed by atoms with Crippen LogP contribution < -0.4 is 11.1 Å². The average Bonchev–Trinajstić information content (AvgIpc) is 3.21. The van der Waals surface area contributed by atoms with Gasteiger partial charge < -0.3 is 20.5 Å². The highest BCUT2D eigenvalue weighted by atomic mass is 19.4. The molecular formula is C27H28F3N5O3. The minimum Gasteiger partial charge on any atom is -0.366 e. The van der Waals surface area contributed by atoms with Crippen molar-refractivity contribution >= 4 is 23.4 Å². The Morgan fingerprint density at radius 1 is 0.947 bits per heavy atom. The van der Waals surface area contributed by atoms with Crippen molar-refractivity contribution in [2.75, 3.05) is 38.0 Å². The van der Waals surface area contributed by atoms with E-state index in [1.807, 2.05) is 23.1 Å². The highest BCUT2D eigenvalue weighted by molar-refractivity contribution is 6.01. The van der Waals surface area contributed by atoms with Crippen molar-refractivity contribution in [1.29, 1.82) is 0 Å². The largest absolute Gasteiger partial charge is 0.416 e. The quantitative estimate of drug-likeness (QED) is 0.454. The highest BCUT2D eigenvalue weighted by Gasteiger charge is 2.33. The van der Waals surface area contributed by atoms with Crippen LogP contribution in [0, 0.1) is 6.92 Å². The maximum atomic E-state index is 13.6. The predicted molar refractivity (Wildman–Crippen MR) is 136 cm³/mol. The lowest BCUT2D eigenvalue weighted by atomic mass is 10.1. The number of aromatic nitrogens is 1. The summed E-state index contributed by atoms with van der Waals surface area (Å²) in [5, 5.41) is 2.83. The Morgan fingerprint density at radius 3 is 2.21 bits per heavy atom. The van der Waals surface area contributed by atoms with Crippen molar-refractivity contribution in [2.45, 2.75) is 19.6 Å². The number of primary amides is 1. The van der Waals surface area contributed by atoms with Gasteiger partial charge in [0.2, 0.25) is 0 Å². The normalized spacial score (nSPS) is 14.4. The van der Waals surface area contributed by atoms with Crippen LogP contribution in [0.2, 0.25) is 0 Å². The van der Waals surface area contributed by atoms with Crippen molar-refractivity contribution in [3.8, 4) is 0 Å². The number of hydrogen-bond acceptors (Lipinski definition) is 4. The molecule has 38 heavy (non-hydrogen) atoms. The summed E-state index contributed by atoms with van der Waals surface area (Å²) in [5.74, 6) is -1.12. The summed E-state index contributed by atoms with van der Waals surface area (Å²) in [6.07, 6.45) is -4.57. The lowest BCUT2D eigenvalue weighted by Gasteiger charge is -2.34. The summed E-state index contributed by atoms with van der Waals surface area (Å²) in [4.78, 5) is 41.4. The molecule has 4 rings (SSSR count). The van der Waals surface area contributed by atoms with E-state index in [1.165, 1.54) is 28.8 Å². The van der Waals surface area contributed by atoms with E-state index < -0.39 is 17.6 Å². The zero-order valence-corrected chi connectivity index (χ0v) is 20.8. The molecule has 200 valence electrons. The number of alkyl halides is 3. The number of benzene rings is 2. The van der Waals surface area contributed by atoms with Gasteiger partial charge in [0.15, 0.2) is 5.78 Å². The number of halogens is 3. The van der Waals surface area contributed by atoms with Crippen LogP contribution in [0.15, 0.2) is 60.7 Å². The molecule has 1 aliphatic rings. The van der Waals surface area contributed by atoms with E-state index in [2.05, 4.69) is 5.32 Å². The van der Waals surface area contributed by atoms with E-state index in [9.17, 15) is 27.6 Å². The van der Waals surface area contributed by atoms with E-state index in [-0.39, 0.29) is 41.7 Å². The van der Waals surface area contributed by atoms with Gasteiger partial charge in [0.1, 0.15) is 0 Å². The second kappa shape index (κ2) is 11.1. The average molecular weight is 528 g/mol. The Balaban J connectivity index is 1.47. The third-order valence-corrected chi connectivity index (χ3v) is 6.62. The Bertz CT molecular complexity index is 1330. The molecule has 0 spiro atoms. The van der Waals surface area contributed by atoms with Crippen molar-refractivity contribution < 1.29 is 27.6 Å². The van der Waals surface area contributed by atoms with Gasteiger partial charge in [-0.3, -0.25) is 14.5 Å². The number of anilines is 1. The van der Waals surface area contributed by atoms with E-state index in [0.29, 0.717) is 37.6 Å². The van der Waals surface area contributed by atoms with E-state index in [1.54, 1.807) is 24.0 Å². The number of piperazine rings is 1. The smallest absolute Gasteiger partial charge is 0.366 e. The molecule has 3 amide bonds. The standard InChI is InChI=1S/C27H28F3N5O3/c1-18-21(25(31)37)15-23(35(18)16-19-7-5-6-10-22(19)27(28,29)30)24(36)17-33-11-13-34(14-12-33)26(38)32-20-8-3-2-4-9-20/h2-10,15H,11-14,16-17H2,1H3,(H2,31,37)(H,32,38). The van der Waals surface area contributed by atoms with Gasteiger partial charge in [-0.05, 0) is 36.8 Å². The molecule has 0 radical (unpaired) electrons. The van der Waals surface area contributed by atoms with Gasteiger partial charge >= 0.3 is 12.2 Å². The predicted octanol–water partition coefficient (Wildman–Crippen LogP) is 3.99. The maximum Gasteiger partial charge on any atom is 0.416 e. The zero-order valence-electron chi connectivity index (χ0n) is 20.8. The van der Waals surface area contributed by atoms with Crippen molar-refractivity contribution in [3.63, 3.8) is 0 Å². The number of nitrogens with two attached hydrogens (primary N) is 1. The molecule has 1 aromatic heterocycles. The number of hydrogen-bond donors (Lipinski definition) is 2. The fraction of sp³-hybridized carbons (Fsp3) is 0.296. The Hall–Kier alpha value is -4.12. The molecule has 0 aliphatic carbocycles. The highest BCUT2D eigenvalue weighted by Crippen LogP contribution is 2.33. The van der Waals surface area contributed by atoms with E-state index in [4.69, 9.17) is 5.73 Å². The van der Waals surface area contributed by atoms with E-state index in [0.717, 1.165) is 6.07 Å². The summed E-state index contributed by atoms with van der Waals surface area (Å²) in [5.41, 5.74) is 5.84. The number of amides is 3. The minimum absolute atomic E-state index is 0.0171. The Kier molecular flexibility index (Phi) is 7.86. The summed E-state index contributed by atoms with van der Waals surface area (Å²) < 4.78 is 42.1. The van der Waals surface area contributed by atoms with Gasteiger partial charge in [-0.2, -0.15) is 13.2 Å². The van der Waals surface area contributed by atoms with Crippen LogP contribution in [0.25, 0.3) is 0 Å². The summed E-state index contributed by atoms with van der Waals surface area (Å²) in [6, 6.07) is 15.3. The zero-order chi connectivity index (χ0) is 27.4. The van der Waals surface area contributed by atoms with Gasteiger partial charge in [-0.15, -0.1) is 0 Å². The first-order chi connectivity index (χ1) is 18.0. The van der Waals surface area contributed by atoms with Gasteiger partial charge in [-0.25, -0.2) is 4.79 Å². The molecule has 0 unspecified atom stereocenters. The molecule has 3 N–H and O–H groups in total. The molecule has 1 fully saturated rings. The van der Waals surface area contributed by atoms with Crippen molar-refractivity contribution in [2.24, 2.45) is 5.73 Å². The molecule has 1 aliphatic heterocycles. The first-order valence-corrected chi connectivity index (χ1v) is 12.1. The number of rotatable bonds is 7. The summed E-state index contributed by atoms with van der Waals surface area (Å²) in [7, 11) is 0. The third-order valence-electron chi connectivity index (χ3n) is 6.62. The van der Waals surface area contributed by atoms with Gasteiger partial charge in [0.05, 0.1) is 23.4 Å². The third kappa shape index (κ3) is 6.05. The summed E-state index contributed by atoms with van der Waals surface area (Å²) >= 11 is 0. The first kappa shape index (κ1) is 26.9. The molecule has 2 aromatic carbocycles. The number of Topliss-reactive ketones (excluding diaryl/α,β-unsaturated/α-hetero) is 1. The number of nitrogens with zero attached hydrogens (tertiary/aromatic N) is 3. The molecule has 1 saturated heterocycles. The number of carbonyl (C=O) groups is 3. The number of urea groups is 1. The van der Waals surface area contributed by atoms with Crippen molar-refractivity contribution in [1.82, 2.24) is 14.4 Å². The monoisotopic (exact) mass is 527 g/mol. The number of ketones is 1. The number of para-hydroxylation sites is 1. The second-order valence-electron chi connectivity index (χ2n) is 9.12. The van der Waals surface area contributed by atoms with Gasteiger partial charge in [0.25, 0.3) is 5.91 Å². The van der Waals surface area contributed by atoms with Crippen molar-refractivity contribution in [3.05, 3.63) is 88.7 Å². The van der Waals surface area contributed by atoms with Crippen LogP contribution in [-0.4, -0.2) is 64.8 Å². The van der Waals surface area contributed by atoms with Crippen LogP contribution in [0.4, 0.5) is 23.7 Å². The second-order valence-corrected chi connectivity index (χ2v) is 9.12.